The number of hydrogen-bond donors (Lipinski definition) is 1. The molecule has 3 rings (SSSR count). The molecule has 2 amide bonds. The molecule has 27 heavy (non-hydrogen) atoms. The van der Waals surface area contributed by atoms with E-state index in [1.165, 1.54) is 11.3 Å². The fourth-order valence-electron chi connectivity index (χ4n) is 2.99. The fourth-order valence-corrected chi connectivity index (χ4v) is 4.18. The van der Waals surface area contributed by atoms with Crippen molar-refractivity contribution in [2.24, 2.45) is 0 Å². The highest BCUT2D eigenvalue weighted by molar-refractivity contribution is 7.12. The number of rotatable bonds is 6. The molecule has 0 bridgehead atoms. The van der Waals surface area contributed by atoms with Crippen molar-refractivity contribution in [3.05, 3.63) is 56.2 Å². The Balaban J connectivity index is 1.37. The maximum Gasteiger partial charge on any atom is 0.264 e. The minimum absolute atomic E-state index is 0.0156. The van der Waals surface area contributed by atoms with Crippen LogP contribution in [0.25, 0.3) is 0 Å². The molecule has 0 saturated carbocycles. The van der Waals surface area contributed by atoms with Crippen molar-refractivity contribution in [2.45, 2.75) is 6.42 Å². The van der Waals surface area contributed by atoms with Crippen molar-refractivity contribution in [3.63, 3.8) is 0 Å². The number of halogens is 2. The summed E-state index contributed by atoms with van der Waals surface area (Å²) in [7, 11) is 0. The van der Waals surface area contributed by atoms with E-state index in [0.717, 1.165) is 10.4 Å². The van der Waals surface area contributed by atoms with Crippen LogP contribution in [0.4, 0.5) is 0 Å². The van der Waals surface area contributed by atoms with Crippen LogP contribution in [0.2, 0.25) is 10.0 Å². The van der Waals surface area contributed by atoms with Crippen LogP contribution in [-0.2, 0) is 11.2 Å². The van der Waals surface area contributed by atoms with Gasteiger partial charge in [0.15, 0.2) is 0 Å². The van der Waals surface area contributed by atoms with Gasteiger partial charge in [0.25, 0.3) is 5.91 Å². The predicted octanol–water partition coefficient (Wildman–Crippen LogP) is 3.17. The lowest BCUT2D eigenvalue weighted by Crippen LogP contribution is -2.51. The summed E-state index contributed by atoms with van der Waals surface area (Å²) >= 11 is 13.5. The van der Waals surface area contributed by atoms with Gasteiger partial charge in [-0.2, -0.15) is 0 Å². The van der Waals surface area contributed by atoms with E-state index in [4.69, 9.17) is 23.2 Å². The van der Waals surface area contributed by atoms with Crippen molar-refractivity contribution in [3.8, 4) is 0 Å². The summed E-state index contributed by atoms with van der Waals surface area (Å²) in [4.78, 5) is 29.2. The fraction of sp³-hybridized carbons (Fsp3) is 0.368. The third-order valence-electron chi connectivity index (χ3n) is 4.49. The zero-order valence-corrected chi connectivity index (χ0v) is 17.1. The largest absolute Gasteiger partial charge is 0.355 e. The average Bonchev–Trinajstić information content (AvgIpc) is 3.18. The van der Waals surface area contributed by atoms with Crippen LogP contribution in [0.15, 0.2) is 35.7 Å². The van der Waals surface area contributed by atoms with Crippen LogP contribution < -0.4 is 5.32 Å². The van der Waals surface area contributed by atoms with Crippen molar-refractivity contribution in [1.29, 1.82) is 0 Å². The van der Waals surface area contributed by atoms with Gasteiger partial charge in [-0.25, -0.2) is 0 Å². The summed E-state index contributed by atoms with van der Waals surface area (Å²) < 4.78 is 0. The number of amides is 2. The molecule has 1 fully saturated rings. The number of piperazine rings is 1. The molecule has 0 aliphatic carbocycles. The zero-order chi connectivity index (χ0) is 19.2. The maximum absolute atomic E-state index is 12.3. The molecule has 144 valence electrons. The van der Waals surface area contributed by atoms with Crippen LogP contribution in [-0.4, -0.2) is 60.9 Å². The first kappa shape index (κ1) is 20.1. The number of carbonyl (C=O) groups is 2. The van der Waals surface area contributed by atoms with E-state index in [0.29, 0.717) is 55.7 Å². The van der Waals surface area contributed by atoms with Gasteiger partial charge in [0.05, 0.1) is 11.4 Å². The van der Waals surface area contributed by atoms with E-state index in [2.05, 4.69) is 10.2 Å². The van der Waals surface area contributed by atoms with E-state index >= 15 is 0 Å². The molecule has 0 spiro atoms. The van der Waals surface area contributed by atoms with E-state index < -0.39 is 0 Å². The molecule has 1 aliphatic rings. The van der Waals surface area contributed by atoms with Gasteiger partial charge in [-0.1, -0.05) is 35.3 Å². The third-order valence-corrected chi connectivity index (χ3v) is 5.94. The smallest absolute Gasteiger partial charge is 0.264 e. The summed E-state index contributed by atoms with van der Waals surface area (Å²) in [5.74, 6) is 0.0621. The first-order valence-corrected chi connectivity index (χ1v) is 10.4. The molecular formula is C19H21Cl2N3O2S. The Morgan fingerprint density at radius 2 is 1.89 bits per heavy atom. The quantitative estimate of drug-likeness (QED) is 0.772. The summed E-state index contributed by atoms with van der Waals surface area (Å²) in [6.07, 6.45) is 0.658. The van der Waals surface area contributed by atoms with Crippen LogP contribution in [0.3, 0.4) is 0 Å². The molecule has 2 aromatic rings. The molecule has 0 unspecified atom stereocenters. The van der Waals surface area contributed by atoms with E-state index in [9.17, 15) is 9.59 Å². The second-order valence-corrected chi connectivity index (χ2v) is 8.17. The molecule has 8 heteroatoms. The van der Waals surface area contributed by atoms with Gasteiger partial charge in [0.2, 0.25) is 5.91 Å². The van der Waals surface area contributed by atoms with Crippen molar-refractivity contribution in [1.82, 2.24) is 15.1 Å². The molecule has 0 radical (unpaired) electrons. The highest BCUT2D eigenvalue weighted by Gasteiger charge is 2.23. The Labute approximate surface area is 172 Å². The van der Waals surface area contributed by atoms with Gasteiger partial charge >= 0.3 is 0 Å². The Bertz CT molecular complexity index is 790. The van der Waals surface area contributed by atoms with Gasteiger partial charge < -0.3 is 10.2 Å². The number of nitrogens with one attached hydrogen (secondary N) is 1. The first-order valence-electron chi connectivity index (χ1n) is 8.78. The summed E-state index contributed by atoms with van der Waals surface area (Å²) in [5, 5.41) is 6.05. The molecule has 0 atom stereocenters. The standard InChI is InChI=1S/C19H21Cl2N3O2S/c20-15-4-3-14(16(21)12-15)5-6-22-18(25)13-23-7-9-24(10-8-23)19(26)17-2-1-11-27-17/h1-4,11-12H,5-10,13H2,(H,22,25). The van der Waals surface area contributed by atoms with E-state index in [1.807, 2.05) is 28.5 Å². The second-order valence-electron chi connectivity index (χ2n) is 6.38. The predicted molar refractivity (Wildman–Crippen MR) is 110 cm³/mol. The summed E-state index contributed by atoms with van der Waals surface area (Å²) in [6.45, 7) is 3.56. The van der Waals surface area contributed by atoms with Gasteiger partial charge in [0, 0.05) is 42.8 Å². The van der Waals surface area contributed by atoms with Gasteiger partial charge in [-0.05, 0) is 35.6 Å². The topological polar surface area (TPSA) is 52.7 Å². The van der Waals surface area contributed by atoms with Crippen LogP contribution >= 0.6 is 34.5 Å². The molecule has 1 aromatic heterocycles. The highest BCUT2D eigenvalue weighted by Crippen LogP contribution is 2.21. The molecule has 5 nitrogen and oxygen atoms in total. The number of benzene rings is 1. The molecule has 1 saturated heterocycles. The number of carbonyl (C=O) groups excluding carboxylic acids is 2. The van der Waals surface area contributed by atoms with E-state index in [1.54, 1.807) is 12.1 Å². The molecule has 1 aliphatic heterocycles. The van der Waals surface area contributed by atoms with Crippen LogP contribution in [0.5, 0.6) is 0 Å². The Morgan fingerprint density at radius 3 is 2.56 bits per heavy atom. The van der Waals surface area contributed by atoms with Crippen molar-refractivity contribution in [2.75, 3.05) is 39.3 Å². The molecule has 1 N–H and O–H groups in total. The maximum atomic E-state index is 12.3. The summed E-state index contributed by atoms with van der Waals surface area (Å²) in [6, 6.07) is 9.11. The lowest BCUT2D eigenvalue weighted by Gasteiger charge is -2.34. The van der Waals surface area contributed by atoms with Crippen LogP contribution in [0, 0.1) is 0 Å². The molecule has 1 aromatic carbocycles. The molecule has 2 heterocycles. The molecular weight excluding hydrogens is 405 g/mol. The van der Waals surface area contributed by atoms with E-state index in [-0.39, 0.29) is 11.8 Å². The highest BCUT2D eigenvalue weighted by atomic mass is 35.5. The van der Waals surface area contributed by atoms with Crippen molar-refractivity contribution >= 4 is 46.4 Å². The second kappa shape index (κ2) is 9.55. The van der Waals surface area contributed by atoms with Gasteiger partial charge in [-0.15, -0.1) is 11.3 Å². The minimum atomic E-state index is -0.0156. The Kier molecular flexibility index (Phi) is 7.13. The lowest BCUT2D eigenvalue weighted by atomic mass is 10.1. The Hall–Kier alpha value is -1.60. The SMILES string of the molecule is O=C(CN1CCN(C(=O)c2cccs2)CC1)NCCc1ccc(Cl)cc1Cl. The third kappa shape index (κ3) is 5.69. The van der Waals surface area contributed by atoms with Crippen LogP contribution in [0.1, 0.15) is 15.2 Å². The first-order chi connectivity index (χ1) is 13.0. The van der Waals surface area contributed by atoms with Gasteiger partial charge in [-0.3, -0.25) is 14.5 Å². The number of hydrogen-bond acceptors (Lipinski definition) is 4. The van der Waals surface area contributed by atoms with Crippen molar-refractivity contribution < 1.29 is 9.59 Å². The minimum Gasteiger partial charge on any atom is -0.355 e. The zero-order valence-electron chi connectivity index (χ0n) is 14.8. The lowest BCUT2D eigenvalue weighted by molar-refractivity contribution is -0.122. The average molecular weight is 426 g/mol. The summed E-state index contributed by atoms with van der Waals surface area (Å²) in [5.41, 5.74) is 0.960. The number of nitrogens with zero attached hydrogens (tertiary/aromatic N) is 2. The Morgan fingerprint density at radius 1 is 1.11 bits per heavy atom. The number of thiophene rings is 1. The normalized spacial score (nSPS) is 15.0. The van der Waals surface area contributed by atoms with Gasteiger partial charge in [0.1, 0.15) is 0 Å². The monoisotopic (exact) mass is 425 g/mol.